The molecular weight excluding hydrogens is 294 g/mol. The zero-order chi connectivity index (χ0) is 16.7. The average Bonchev–Trinajstić information content (AvgIpc) is 3.31. The fourth-order valence-corrected chi connectivity index (χ4v) is 1.99. The average molecular weight is 321 g/mol. The highest BCUT2D eigenvalue weighted by Crippen LogP contribution is 2.28. The molecule has 0 radical (unpaired) electrons. The van der Waals surface area contributed by atoms with Gasteiger partial charge >= 0.3 is 0 Å². The van der Waals surface area contributed by atoms with Crippen molar-refractivity contribution in [2.75, 3.05) is 25.1 Å². The number of hydrogen-bond acceptors (Lipinski definition) is 4. The summed E-state index contributed by atoms with van der Waals surface area (Å²) >= 11 is 0. The number of benzene rings is 1. The molecule has 1 aliphatic rings. The standard InChI is InChI=1S/C17H27N3O3/c1-12(2)23-16-7-5-14(6-8-16)20-17(18)19-9-15(21)11-22-10-13-3-4-13/h5-8,12-13,15,21H,3-4,9-11H2,1-2H3,(H3,18,19,20). The Hall–Kier alpha value is -1.79. The highest BCUT2D eigenvalue weighted by atomic mass is 16.5. The molecule has 1 aromatic rings. The van der Waals surface area contributed by atoms with Gasteiger partial charge in [-0.3, -0.25) is 4.99 Å². The number of aliphatic hydroxyl groups excluding tert-OH is 1. The lowest BCUT2D eigenvalue weighted by Crippen LogP contribution is -2.26. The predicted octanol–water partition coefficient (Wildman–Crippen LogP) is 1.99. The minimum Gasteiger partial charge on any atom is -0.491 e. The van der Waals surface area contributed by atoms with Crippen LogP contribution in [0.3, 0.4) is 0 Å². The van der Waals surface area contributed by atoms with E-state index < -0.39 is 6.10 Å². The lowest BCUT2D eigenvalue weighted by molar-refractivity contribution is 0.0369. The predicted molar refractivity (Wildman–Crippen MR) is 91.9 cm³/mol. The van der Waals surface area contributed by atoms with Gasteiger partial charge in [0.15, 0.2) is 5.96 Å². The Labute approximate surface area is 137 Å². The zero-order valence-corrected chi connectivity index (χ0v) is 13.9. The monoisotopic (exact) mass is 321 g/mol. The Morgan fingerprint density at radius 1 is 1.35 bits per heavy atom. The number of hydrogen-bond donors (Lipinski definition) is 3. The third kappa shape index (κ3) is 7.34. The Morgan fingerprint density at radius 3 is 2.65 bits per heavy atom. The van der Waals surface area contributed by atoms with Gasteiger partial charge in [-0.05, 0) is 56.9 Å². The third-order valence-corrected chi connectivity index (χ3v) is 3.33. The van der Waals surface area contributed by atoms with Crippen LogP contribution < -0.4 is 15.8 Å². The Balaban J connectivity index is 1.70. The van der Waals surface area contributed by atoms with Gasteiger partial charge in [0.25, 0.3) is 0 Å². The van der Waals surface area contributed by atoms with Crippen LogP contribution in [-0.4, -0.2) is 43.0 Å². The van der Waals surface area contributed by atoms with E-state index in [0.717, 1.165) is 18.0 Å². The molecule has 6 nitrogen and oxygen atoms in total. The van der Waals surface area contributed by atoms with Crippen molar-refractivity contribution in [3.8, 4) is 5.75 Å². The van der Waals surface area contributed by atoms with Gasteiger partial charge in [0, 0.05) is 12.3 Å². The maximum Gasteiger partial charge on any atom is 0.193 e. The van der Waals surface area contributed by atoms with Crippen molar-refractivity contribution < 1.29 is 14.6 Å². The van der Waals surface area contributed by atoms with Crippen LogP contribution in [0.1, 0.15) is 26.7 Å². The van der Waals surface area contributed by atoms with Crippen molar-refractivity contribution in [3.05, 3.63) is 24.3 Å². The molecule has 1 aliphatic carbocycles. The van der Waals surface area contributed by atoms with Crippen molar-refractivity contribution >= 4 is 11.6 Å². The van der Waals surface area contributed by atoms with Crippen LogP contribution in [0.4, 0.5) is 5.69 Å². The second-order valence-corrected chi connectivity index (χ2v) is 6.18. The molecule has 0 spiro atoms. The molecule has 1 fully saturated rings. The number of ether oxygens (including phenoxy) is 2. The van der Waals surface area contributed by atoms with Crippen LogP contribution in [0.25, 0.3) is 0 Å². The summed E-state index contributed by atoms with van der Waals surface area (Å²) in [5, 5.41) is 12.8. The smallest absolute Gasteiger partial charge is 0.193 e. The molecule has 0 aromatic heterocycles. The normalized spacial score (nSPS) is 16.4. The second-order valence-electron chi connectivity index (χ2n) is 6.18. The van der Waals surface area contributed by atoms with Crippen molar-refractivity contribution in [2.24, 2.45) is 16.6 Å². The lowest BCUT2D eigenvalue weighted by atomic mass is 10.3. The first kappa shape index (κ1) is 17.6. The van der Waals surface area contributed by atoms with Crippen molar-refractivity contribution in [1.29, 1.82) is 0 Å². The first-order valence-electron chi connectivity index (χ1n) is 8.12. The number of aliphatic imine (C=N–C) groups is 1. The molecule has 4 N–H and O–H groups in total. The van der Waals surface area contributed by atoms with Gasteiger partial charge in [-0.25, -0.2) is 0 Å². The summed E-state index contributed by atoms with van der Waals surface area (Å²) < 4.78 is 11.0. The molecule has 0 amide bonds. The molecule has 6 heteroatoms. The van der Waals surface area contributed by atoms with Crippen molar-refractivity contribution in [2.45, 2.75) is 38.9 Å². The van der Waals surface area contributed by atoms with E-state index in [2.05, 4.69) is 10.3 Å². The molecule has 1 saturated carbocycles. The van der Waals surface area contributed by atoms with Gasteiger partial charge in [0.1, 0.15) is 5.75 Å². The summed E-state index contributed by atoms with van der Waals surface area (Å²) in [4.78, 5) is 4.13. The van der Waals surface area contributed by atoms with E-state index in [0.29, 0.717) is 12.5 Å². The first-order valence-corrected chi connectivity index (χ1v) is 8.12. The van der Waals surface area contributed by atoms with Gasteiger partial charge in [0.05, 0.1) is 25.4 Å². The van der Waals surface area contributed by atoms with Gasteiger partial charge in [-0.15, -0.1) is 0 Å². The zero-order valence-electron chi connectivity index (χ0n) is 13.9. The first-order chi connectivity index (χ1) is 11.0. The summed E-state index contributed by atoms with van der Waals surface area (Å²) in [6.07, 6.45) is 2.00. The minimum atomic E-state index is -0.629. The molecule has 128 valence electrons. The Morgan fingerprint density at radius 2 is 2.04 bits per heavy atom. The number of nitrogens with one attached hydrogen (secondary N) is 1. The van der Waals surface area contributed by atoms with Crippen LogP contribution in [0.5, 0.6) is 5.75 Å². The van der Waals surface area contributed by atoms with Crippen LogP contribution >= 0.6 is 0 Å². The number of anilines is 1. The summed E-state index contributed by atoms with van der Waals surface area (Å²) in [5.74, 6) is 1.77. The Kier molecular flexibility index (Phi) is 6.67. The molecule has 23 heavy (non-hydrogen) atoms. The lowest BCUT2D eigenvalue weighted by Gasteiger charge is -2.12. The largest absolute Gasteiger partial charge is 0.491 e. The molecular formula is C17H27N3O3. The van der Waals surface area contributed by atoms with E-state index in [1.807, 2.05) is 38.1 Å². The van der Waals surface area contributed by atoms with Gasteiger partial charge in [-0.2, -0.15) is 0 Å². The number of nitrogens with two attached hydrogens (primary N) is 1. The summed E-state index contributed by atoms with van der Waals surface area (Å²) in [6.45, 7) is 5.22. The van der Waals surface area contributed by atoms with E-state index in [1.54, 1.807) is 0 Å². The number of rotatable bonds is 9. The molecule has 2 rings (SSSR count). The van der Waals surface area contributed by atoms with E-state index >= 15 is 0 Å². The molecule has 0 bridgehead atoms. The quantitative estimate of drug-likeness (QED) is 0.478. The maximum absolute atomic E-state index is 9.79. The van der Waals surface area contributed by atoms with Crippen LogP contribution in [-0.2, 0) is 4.74 Å². The SMILES string of the molecule is CC(C)Oc1ccc(NC(N)=NCC(O)COCC2CC2)cc1. The number of guanidine groups is 1. The van der Waals surface area contributed by atoms with Gasteiger partial charge in [0.2, 0.25) is 0 Å². The molecule has 1 aromatic carbocycles. The molecule has 0 aliphatic heterocycles. The maximum atomic E-state index is 9.79. The fourth-order valence-electron chi connectivity index (χ4n) is 1.99. The van der Waals surface area contributed by atoms with Crippen LogP contribution in [0, 0.1) is 5.92 Å². The third-order valence-electron chi connectivity index (χ3n) is 3.33. The topological polar surface area (TPSA) is 89.1 Å². The fraction of sp³-hybridized carbons (Fsp3) is 0.588. The van der Waals surface area contributed by atoms with Gasteiger partial charge < -0.3 is 25.6 Å². The van der Waals surface area contributed by atoms with Crippen molar-refractivity contribution in [3.63, 3.8) is 0 Å². The van der Waals surface area contributed by atoms with E-state index in [-0.39, 0.29) is 18.6 Å². The molecule has 0 heterocycles. The highest BCUT2D eigenvalue weighted by Gasteiger charge is 2.21. The van der Waals surface area contributed by atoms with Crippen molar-refractivity contribution in [1.82, 2.24) is 0 Å². The molecule has 0 saturated heterocycles. The molecule has 1 atom stereocenters. The van der Waals surface area contributed by atoms with E-state index in [4.69, 9.17) is 15.2 Å². The Bertz CT molecular complexity index is 498. The highest BCUT2D eigenvalue weighted by molar-refractivity contribution is 5.92. The van der Waals surface area contributed by atoms with Crippen LogP contribution in [0.2, 0.25) is 0 Å². The number of nitrogens with zero attached hydrogens (tertiary/aromatic N) is 1. The second kappa shape index (κ2) is 8.74. The summed E-state index contributed by atoms with van der Waals surface area (Å²) in [6, 6.07) is 7.48. The van der Waals surface area contributed by atoms with E-state index in [1.165, 1.54) is 12.8 Å². The van der Waals surface area contributed by atoms with Crippen LogP contribution in [0.15, 0.2) is 29.3 Å². The number of aliphatic hydroxyl groups is 1. The van der Waals surface area contributed by atoms with E-state index in [9.17, 15) is 5.11 Å². The summed E-state index contributed by atoms with van der Waals surface area (Å²) in [7, 11) is 0. The minimum absolute atomic E-state index is 0.143. The molecule has 1 unspecified atom stereocenters. The van der Waals surface area contributed by atoms with Gasteiger partial charge in [-0.1, -0.05) is 0 Å². The summed E-state index contributed by atoms with van der Waals surface area (Å²) in [5.41, 5.74) is 6.64.